The lowest BCUT2D eigenvalue weighted by molar-refractivity contribution is 0.0650. The molecule has 0 bridgehead atoms. The molecule has 1 heterocycles. The highest BCUT2D eigenvalue weighted by molar-refractivity contribution is 7.92. The summed E-state index contributed by atoms with van der Waals surface area (Å²) in [6.45, 7) is 0.998. The highest BCUT2D eigenvalue weighted by Gasteiger charge is 2.29. The van der Waals surface area contributed by atoms with Gasteiger partial charge in [0.05, 0.1) is 10.6 Å². The van der Waals surface area contributed by atoms with Crippen LogP contribution >= 0.6 is 0 Å². The van der Waals surface area contributed by atoms with E-state index in [1.54, 1.807) is 41.3 Å². The summed E-state index contributed by atoms with van der Waals surface area (Å²) < 4.78 is 27.1. The van der Waals surface area contributed by atoms with Crippen molar-refractivity contribution >= 4 is 27.4 Å². The van der Waals surface area contributed by atoms with Crippen molar-refractivity contribution in [2.75, 3.05) is 24.4 Å². The molecule has 1 aliphatic rings. The molecule has 0 atom stereocenters. The van der Waals surface area contributed by atoms with Gasteiger partial charge in [-0.1, -0.05) is 48.5 Å². The molecular weight excluding hydrogens is 436 g/mol. The van der Waals surface area contributed by atoms with Gasteiger partial charge in [0.15, 0.2) is 5.78 Å². The van der Waals surface area contributed by atoms with Crippen LogP contribution in [-0.4, -0.2) is 45.1 Å². The van der Waals surface area contributed by atoms with Crippen molar-refractivity contribution in [1.29, 1.82) is 0 Å². The number of nitrogens with zero attached hydrogens (tertiary/aromatic N) is 2. The summed E-state index contributed by atoms with van der Waals surface area (Å²) in [6.07, 6.45) is 1.24. The van der Waals surface area contributed by atoms with Gasteiger partial charge in [-0.3, -0.25) is 13.9 Å². The summed E-state index contributed by atoms with van der Waals surface area (Å²) in [4.78, 5) is 27.5. The molecule has 1 saturated heterocycles. The number of anilines is 1. The quantitative estimate of drug-likeness (QED) is 0.514. The molecule has 1 fully saturated rings. The zero-order valence-corrected chi connectivity index (χ0v) is 19.2. The summed E-state index contributed by atoms with van der Waals surface area (Å²) >= 11 is 0. The van der Waals surface area contributed by atoms with Gasteiger partial charge in [-0.25, -0.2) is 8.42 Å². The first-order valence-electron chi connectivity index (χ1n) is 10.9. The van der Waals surface area contributed by atoms with Gasteiger partial charge in [0.25, 0.3) is 15.9 Å². The van der Waals surface area contributed by atoms with E-state index in [1.165, 1.54) is 23.5 Å². The van der Waals surface area contributed by atoms with Gasteiger partial charge in [-0.2, -0.15) is 0 Å². The molecule has 0 spiro atoms. The summed E-state index contributed by atoms with van der Waals surface area (Å²) in [5.41, 5.74) is 1.70. The molecule has 1 aliphatic heterocycles. The number of rotatable bonds is 6. The summed E-state index contributed by atoms with van der Waals surface area (Å²) in [6, 6.07) is 24.1. The van der Waals surface area contributed by atoms with Crippen LogP contribution in [0.15, 0.2) is 89.8 Å². The van der Waals surface area contributed by atoms with E-state index in [0.717, 1.165) is 0 Å². The number of Topliss-reactive ketones (excluding diaryl/α,β-unsaturated/α-hetero) is 1. The number of sulfonamides is 1. The number of carbonyl (C=O) groups is 2. The third-order valence-corrected chi connectivity index (χ3v) is 7.89. The van der Waals surface area contributed by atoms with Gasteiger partial charge in [-0.15, -0.1) is 0 Å². The van der Waals surface area contributed by atoms with E-state index in [9.17, 15) is 18.0 Å². The van der Waals surface area contributed by atoms with Crippen molar-refractivity contribution in [3.05, 3.63) is 96.1 Å². The Morgan fingerprint density at radius 1 is 0.788 bits per heavy atom. The fourth-order valence-electron chi connectivity index (χ4n) is 4.07. The van der Waals surface area contributed by atoms with E-state index in [2.05, 4.69) is 0 Å². The molecule has 4 rings (SSSR count). The Morgan fingerprint density at radius 3 is 1.91 bits per heavy atom. The largest absolute Gasteiger partial charge is 0.339 e. The maximum atomic E-state index is 12.9. The third kappa shape index (κ3) is 4.83. The maximum Gasteiger partial charge on any atom is 0.264 e. The number of benzene rings is 3. The van der Waals surface area contributed by atoms with Crippen molar-refractivity contribution in [3.8, 4) is 0 Å². The lowest BCUT2D eigenvalue weighted by atomic mass is 9.88. The molecule has 0 saturated carbocycles. The van der Waals surface area contributed by atoms with Crippen molar-refractivity contribution in [1.82, 2.24) is 4.90 Å². The fourth-order valence-corrected chi connectivity index (χ4v) is 5.27. The average Bonchev–Trinajstić information content (AvgIpc) is 2.88. The monoisotopic (exact) mass is 462 g/mol. The normalized spacial score (nSPS) is 14.6. The van der Waals surface area contributed by atoms with Crippen LogP contribution in [0.5, 0.6) is 0 Å². The second-order valence-corrected chi connectivity index (χ2v) is 10.1. The zero-order valence-electron chi connectivity index (χ0n) is 18.4. The van der Waals surface area contributed by atoms with E-state index in [4.69, 9.17) is 0 Å². The molecule has 3 aromatic rings. The second kappa shape index (κ2) is 9.58. The van der Waals surface area contributed by atoms with Crippen molar-refractivity contribution < 1.29 is 18.0 Å². The number of piperidine rings is 1. The SMILES string of the molecule is CN(c1ccccc1)S(=O)(=O)c1ccc(C(=O)N2CCC(C(=O)c3ccccc3)CC2)cc1. The highest BCUT2D eigenvalue weighted by atomic mass is 32.2. The standard InChI is InChI=1S/C26H26N2O4S/c1-27(23-10-6-3-7-11-23)33(31,32)24-14-12-22(13-15-24)26(30)28-18-16-21(17-19-28)25(29)20-8-4-2-5-9-20/h2-15,21H,16-19H2,1H3. The Morgan fingerprint density at radius 2 is 1.33 bits per heavy atom. The molecule has 0 aromatic heterocycles. The number of likely N-dealkylation sites (tertiary alicyclic amines) is 1. The fraction of sp³-hybridized carbons (Fsp3) is 0.231. The average molecular weight is 463 g/mol. The summed E-state index contributed by atoms with van der Waals surface area (Å²) in [5.74, 6) is -0.113. The predicted molar refractivity (Wildman–Crippen MR) is 128 cm³/mol. The number of ketones is 1. The van der Waals surface area contributed by atoms with Gasteiger partial charge in [-0.05, 0) is 49.2 Å². The van der Waals surface area contributed by atoms with Crippen LogP contribution in [0.2, 0.25) is 0 Å². The zero-order chi connectivity index (χ0) is 23.4. The van der Waals surface area contributed by atoms with Crippen LogP contribution in [-0.2, 0) is 10.0 Å². The topological polar surface area (TPSA) is 74.8 Å². The second-order valence-electron chi connectivity index (χ2n) is 8.13. The first kappa shape index (κ1) is 22.7. The predicted octanol–water partition coefficient (Wildman–Crippen LogP) is 4.25. The summed E-state index contributed by atoms with van der Waals surface area (Å²) in [5, 5.41) is 0. The number of carbonyl (C=O) groups excluding carboxylic acids is 2. The molecule has 0 N–H and O–H groups in total. The van der Waals surface area contributed by atoms with Gasteiger partial charge in [0.1, 0.15) is 0 Å². The Hall–Kier alpha value is -3.45. The molecule has 0 unspecified atom stereocenters. The number of amides is 1. The third-order valence-electron chi connectivity index (χ3n) is 6.09. The first-order valence-corrected chi connectivity index (χ1v) is 12.3. The number of hydrogen-bond acceptors (Lipinski definition) is 4. The van der Waals surface area contributed by atoms with Gasteiger partial charge < -0.3 is 4.90 Å². The molecule has 3 aromatic carbocycles. The van der Waals surface area contributed by atoms with Crippen LogP contribution in [0.4, 0.5) is 5.69 Å². The van der Waals surface area contributed by atoms with Crippen molar-refractivity contribution in [3.63, 3.8) is 0 Å². The lowest BCUT2D eigenvalue weighted by Crippen LogP contribution is -2.40. The Bertz CT molecular complexity index is 1220. The molecule has 170 valence electrons. The van der Waals surface area contributed by atoms with E-state index in [0.29, 0.717) is 42.7 Å². The minimum Gasteiger partial charge on any atom is -0.339 e. The van der Waals surface area contributed by atoms with E-state index >= 15 is 0 Å². The molecule has 7 heteroatoms. The molecule has 6 nitrogen and oxygen atoms in total. The van der Waals surface area contributed by atoms with Crippen molar-refractivity contribution in [2.24, 2.45) is 5.92 Å². The summed E-state index contributed by atoms with van der Waals surface area (Å²) in [7, 11) is -2.23. The van der Waals surface area contributed by atoms with E-state index in [1.807, 2.05) is 36.4 Å². The Kier molecular flexibility index (Phi) is 6.60. The van der Waals surface area contributed by atoms with E-state index in [-0.39, 0.29) is 22.5 Å². The van der Waals surface area contributed by atoms with Crippen LogP contribution < -0.4 is 4.31 Å². The molecule has 0 radical (unpaired) electrons. The smallest absolute Gasteiger partial charge is 0.264 e. The Balaban J connectivity index is 1.40. The molecule has 0 aliphatic carbocycles. The van der Waals surface area contributed by atoms with Crippen LogP contribution in [0.3, 0.4) is 0 Å². The van der Waals surface area contributed by atoms with Crippen molar-refractivity contribution in [2.45, 2.75) is 17.7 Å². The van der Waals surface area contributed by atoms with Crippen LogP contribution in [0.25, 0.3) is 0 Å². The number of para-hydroxylation sites is 1. The Labute approximate surface area is 194 Å². The number of hydrogen-bond donors (Lipinski definition) is 0. The van der Waals surface area contributed by atoms with E-state index < -0.39 is 10.0 Å². The molecule has 33 heavy (non-hydrogen) atoms. The molecule has 1 amide bonds. The maximum absolute atomic E-state index is 12.9. The highest BCUT2D eigenvalue weighted by Crippen LogP contribution is 2.25. The van der Waals surface area contributed by atoms with Gasteiger partial charge >= 0.3 is 0 Å². The van der Waals surface area contributed by atoms with Crippen LogP contribution in [0.1, 0.15) is 33.6 Å². The van der Waals surface area contributed by atoms with Gasteiger partial charge in [0, 0.05) is 37.2 Å². The first-order chi connectivity index (χ1) is 15.9. The molecular formula is C26H26N2O4S. The minimum absolute atomic E-state index is 0.0857. The minimum atomic E-state index is -3.73. The lowest BCUT2D eigenvalue weighted by Gasteiger charge is -2.31. The van der Waals surface area contributed by atoms with Crippen LogP contribution in [0, 0.1) is 5.92 Å². The van der Waals surface area contributed by atoms with Gasteiger partial charge in [0.2, 0.25) is 0 Å².